The third-order valence-corrected chi connectivity index (χ3v) is 3.28. The van der Waals surface area contributed by atoms with Gasteiger partial charge in [0.1, 0.15) is 11.4 Å². The number of carbonyl (C=O) groups excluding carboxylic acids is 1. The van der Waals surface area contributed by atoms with Crippen LogP contribution >= 0.6 is 0 Å². The fourth-order valence-electron chi connectivity index (χ4n) is 2.19. The summed E-state index contributed by atoms with van der Waals surface area (Å²) in [7, 11) is 0. The second kappa shape index (κ2) is 5.56. The number of amides is 1. The van der Waals surface area contributed by atoms with E-state index in [0.29, 0.717) is 18.7 Å². The average Bonchev–Trinajstić information content (AvgIpc) is 2.72. The molecule has 1 atom stereocenters. The Labute approximate surface area is 115 Å². The number of hydrogen-bond acceptors (Lipinski definition) is 4. The maximum Gasteiger partial charge on any atom is 0.325 e. The maximum absolute atomic E-state index is 13.0. The highest BCUT2D eigenvalue weighted by molar-refractivity contribution is 5.92. The van der Waals surface area contributed by atoms with Gasteiger partial charge in [-0.2, -0.15) is 0 Å². The zero-order chi connectivity index (χ0) is 14.8. The molecule has 1 aromatic carbocycles. The van der Waals surface area contributed by atoms with E-state index in [2.05, 4.69) is 5.32 Å². The first kappa shape index (κ1) is 14.4. The van der Waals surface area contributed by atoms with Gasteiger partial charge in [-0.3, -0.25) is 14.5 Å². The number of carboxylic acid groups (broad SMARTS) is 1. The zero-order valence-electron chi connectivity index (χ0n) is 10.8. The molecule has 0 bridgehead atoms. The number of hydrogen-bond donors (Lipinski definition) is 3. The van der Waals surface area contributed by atoms with Crippen LogP contribution in [0.2, 0.25) is 0 Å². The summed E-state index contributed by atoms with van der Waals surface area (Å²) in [4.78, 5) is 24.5. The molecule has 1 aliphatic heterocycles. The largest absolute Gasteiger partial charge is 0.480 e. The van der Waals surface area contributed by atoms with Gasteiger partial charge in [-0.05, 0) is 24.6 Å². The van der Waals surface area contributed by atoms with Crippen LogP contribution in [0.5, 0.6) is 0 Å². The summed E-state index contributed by atoms with van der Waals surface area (Å²) in [6.07, 6.45) is 0.301. The molecule has 1 fully saturated rings. The Morgan fingerprint density at radius 2 is 2.25 bits per heavy atom. The lowest BCUT2D eigenvalue weighted by Gasteiger charge is -2.19. The summed E-state index contributed by atoms with van der Waals surface area (Å²) in [5, 5.41) is 11.6. The van der Waals surface area contributed by atoms with Gasteiger partial charge in [0.15, 0.2) is 0 Å². The number of halogens is 1. The molecule has 0 aliphatic carbocycles. The summed E-state index contributed by atoms with van der Waals surface area (Å²) < 4.78 is 13.0. The molecule has 1 saturated heterocycles. The molecule has 7 heteroatoms. The molecule has 6 nitrogen and oxygen atoms in total. The van der Waals surface area contributed by atoms with Crippen molar-refractivity contribution in [1.29, 1.82) is 0 Å². The predicted octanol–water partition coefficient (Wildman–Crippen LogP) is 0.252. The van der Waals surface area contributed by atoms with Crippen LogP contribution in [0.15, 0.2) is 24.3 Å². The molecule has 1 aliphatic rings. The average molecular weight is 281 g/mol. The Bertz CT molecular complexity index is 537. The summed E-state index contributed by atoms with van der Waals surface area (Å²) in [6.45, 7) is 0.598. The van der Waals surface area contributed by atoms with Crippen molar-refractivity contribution in [3.8, 4) is 0 Å². The van der Waals surface area contributed by atoms with Gasteiger partial charge in [-0.15, -0.1) is 0 Å². The van der Waals surface area contributed by atoms with E-state index in [-0.39, 0.29) is 19.0 Å². The SMILES string of the molecule is NC1(C(=O)O)CCN(CC(=O)Nc2cccc(F)c2)C1. The smallest absolute Gasteiger partial charge is 0.325 e. The van der Waals surface area contributed by atoms with Gasteiger partial charge in [-0.25, -0.2) is 4.39 Å². The van der Waals surface area contributed by atoms with E-state index in [9.17, 15) is 14.0 Å². The van der Waals surface area contributed by atoms with Gasteiger partial charge >= 0.3 is 5.97 Å². The number of aliphatic carboxylic acids is 1. The minimum absolute atomic E-state index is 0.0305. The monoisotopic (exact) mass is 281 g/mol. The molecule has 1 amide bonds. The van der Waals surface area contributed by atoms with Crippen LogP contribution in [-0.4, -0.2) is 47.1 Å². The van der Waals surface area contributed by atoms with E-state index >= 15 is 0 Å². The van der Waals surface area contributed by atoms with E-state index in [1.165, 1.54) is 18.2 Å². The molecule has 108 valence electrons. The lowest BCUT2D eigenvalue weighted by Crippen LogP contribution is -2.50. The Balaban J connectivity index is 1.89. The van der Waals surface area contributed by atoms with Crippen molar-refractivity contribution in [2.75, 3.05) is 25.0 Å². The van der Waals surface area contributed by atoms with Gasteiger partial charge in [-0.1, -0.05) is 6.07 Å². The number of nitrogens with two attached hydrogens (primary N) is 1. The molecule has 0 aromatic heterocycles. The number of nitrogens with one attached hydrogen (secondary N) is 1. The van der Waals surface area contributed by atoms with Gasteiger partial charge in [0.05, 0.1) is 6.54 Å². The van der Waals surface area contributed by atoms with Gasteiger partial charge in [0.2, 0.25) is 5.91 Å². The lowest BCUT2D eigenvalue weighted by atomic mass is 10.0. The predicted molar refractivity (Wildman–Crippen MR) is 70.6 cm³/mol. The number of benzene rings is 1. The van der Waals surface area contributed by atoms with E-state index in [1.54, 1.807) is 11.0 Å². The quantitative estimate of drug-likeness (QED) is 0.735. The number of carboxylic acids is 1. The third kappa shape index (κ3) is 3.31. The maximum atomic E-state index is 13.0. The Morgan fingerprint density at radius 3 is 2.85 bits per heavy atom. The standard InChI is InChI=1S/C13H16FN3O3/c14-9-2-1-3-10(6-9)16-11(18)7-17-5-4-13(15,8-17)12(19)20/h1-3,6H,4-5,7-8,15H2,(H,16,18)(H,19,20). The fraction of sp³-hybridized carbons (Fsp3) is 0.385. The van der Waals surface area contributed by atoms with Crippen LogP contribution in [0.3, 0.4) is 0 Å². The molecule has 2 rings (SSSR count). The van der Waals surface area contributed by atoms with Crippen molar-refractivity contribution in [2.24, 2.45) is 5.73 Å². The van der Waals surface area contributed by atoms with E-state index in [0.717, 1.165) is 0 Å². The minimum atomic E-state index is -1.29. The van der Waals surface area contributed by atoms with Gasteiger partial charge < -0.3 is 16.2 Å². The van der Waals surface area contributed by atoms with Crippen molar-refractivity contribution < 1.29 is 19.1 Å². The molecule has 1 aromatic rings. The summed E-state index contributed by atoms with van der Waals surface area (Å²) in [5.41, 5.74) is 4.79. The van der Waals surface area contributed by atoms with Crippen molar-refractivity contribution in [3.63, 3.8) is 0 Å². The number of rotatable bonds is 4. The highest BCUT2D eigenvalue weighted by Crippen LogP contribution is 2.18. The second-order valence-electron chi connectivity index (χ2n) is 4.98. The molecule has 1 heterocycles. The second-order valence-corrected chi connectivity index (χ2v) is 4.98. The molecular weight excluding hydrogens is 265 g/mol. The van der Waals surface area contributed by atoms with Gasteiger partial charge in [0, 0.05) is 18.8 Å². The Hall–Kier alpha value is -1.99. The molecule has 0 radical (unpaired) electrons. The first-order chi connectivity index (χ1) is 9.39. The molecular formula is C13H16FN3O3. The van der Waals surface area contributed by atoms with Crippen LogP contribution in [0.1, 0.15) is 6.42 Å². The highest BCUT2D eigenvalue weighted by Gasteiger charge is 2.41. The van der Waals surface area contributed by atoms with Gasteiger partial charge in [0.25, 0.3) is 0 Å². The van der Waals surface area contributed by atoms with Crippen LogP contribution in [0.4, 0.5) is 10.1 Å². The first-order valence-electron chi connectivity index (χ1n) is 6.19. The van der Waals surface area contributed by atoms with Crippen LogP contribution in [0.25, 0.3) is 0 Å². The van der Waals surface area contributed by atoms with Crippen molar-refractivity contribution in [1.82, 2.24) is 4.90 Å². The fourth-order valence-corrected chi connectivity index (χ4v) is 2.19. The first-order valence-corrected chi connectivity index (χ1v) is 6.19. The molecule has 1 unspecified atom stereocenters. The summed E-state index contributed by atoms with van der Waals surface area (Å²) >= 11 is 0. The molecule has 20 heavy (non-hydrogen) atoms. The molecule has 4 N–H and O–H groups in total. The Morgan fingerprint density at radius 1 is 1.50 bits per heavy atom. The number of carbonyl (C=O) groups is 2. The lowest BCUT2D eigenvalue weighted by molar-refractivity contribution is -0.143. The topological polar surface area (TPSA) is 95.7 Å². The van der Waals surface area contributed by atoms with Crippen molar-refractivity contribution >= 4 is 17.6 Å². The van der Waals surface area contributed by atoms with Crippen LogP contribution in [0, 0.1) is 5.82 Å². The van der Waals surface area contributed by atoms with Crippen molar-refractivity contribution in [2.45, 2.75) is 12.0 Å². The summed E-state index contributed by atoms with van der Waals surface area (Å²) in [6, 6.07) is 5.57. The minimum Gasteiger partial charge on any atom is -0.480 e. The third-order valence-electron chi connectivity index (χ3n) is 3.28. The normalized spacial score (nSPS) is 22.7. The number of anilines is 1. The molecule has 0 saturated carbocycles. The zero-order valence-corrected chi connectivity index (χ0v) is 10.8. The van der Waals surface area contributed by atoms with E-state index < -0.39 is 17.3 Å². The van der Waals surface area contributed by atoms with Crippen molar-refractivity contribution in [3.05, 3.63) is 30.1 Å². The van der Waals surface area contributed by atoms with Crippen LogP contribution in [-0.2, 0) is 9.59 Å². The van der Waals surface area contributed by atoms with E-state index in [4.69, 9.17) is 10.8 Å². The number of likely N-dealkylation sites (tertiary alicyclic amines) is 1. The summed E-state index contributed by atoms with van der Waals surface area (Å²) in [5.74, 6) is -1.83. The molecule has 0 spiro atoms. The number of nitrogens with zero attached hydrogens (tertiary/aromatic N) is 1. The van der Waals surface area contributed by atoms with Crippen LogP contribution < -0.4 is 11.1 Å². The Kier molecular flexibility index (Phi) is 4.01. The highest BCUT2D eigenvalue weighted by atomic mass is 19.1. The van der Waals surface area contributed by atoms with E-state index in [1.807, 2.05) is 0 Å².